The molecular weight excluding hydrogens is 340 g/mol. The first kappa shape index (κ1) is 18.4. The summed E-state index contributed by atoms with van der Waals surface area (Å²) in [6.45, 7) is 13.3. The van der Waals surface area contributed by atoms with Crippen molar-refractivity contribution in [1.29, 1.82) is 0 Å². The zero-order chi connectivity index (χ0) is 19.4. The van der Waals surface area contributed by atoms with E-state index in [9.17, 15) is 4.79 Å². The fourth-order valence-corrected chi connectivity index (χ4v) is 4.16. The lowest BCUT2D eigenvalue weighted by molar-refractivity contribution is 0.000368. The Morgan fingerprint density at radius 2 is 2.04 bits per heavy atom. The van der Waals surface area contributed by atoms with E-state index in [0.29, 0.717) is 12.5 Å². The number of pyridine rings is 1. The quantitative estimate of drug-likeness (QED) is 0.856. The second kappa shape index (κ2) is 6.28. The van der Waals surface area contributed by atoms with Crippen LogP contribution < -0.4 is 10.2 Å². The van der Waals surface area contributed by atoms with E-state index in [1.54, 1.807) is 0 Å². The number of piperazine rings is 1. The minimum atomic E-state index is -0.471. The van der Waals surface area contributed by atoms with Crippen LogP contribution in [0.15, 0.2) is 6.07 Å². The standard InChI is InChI=1S/C21H32N4O2/c1-20(2,3)27-19(26)25-11-10-24(13-21(25,4)5)17-12-16(14-6-7-14)23-18-15(17)8-9-22-18/h12,14H,6-11,13H2,1-5H3,(H,22,23). The Bertz CT molecular complexity index is 749. The molecular formula is C21H32N4O2. The topological polar surface area (TPSA) is 57.7 Å². The summed E-state index contributed by atoms with van der Waals surface area (Å²) in [7, 11) is 0. The Kier molecular flexibility index (Phi) is 4.28. The van der Waals surface area contributed by atoms with E-state index in [1.807, 2.05) is 25.7 Å². The summed E-state index contributed by atoms with van der Waals surface area (Å²) in [5, 5.41) is 3.45. The number of amides is 1. The molecule has 0 atom stereocenters. The van der Waals surface area contributed by atoms with Gasteiger partial charge in [-0.1, -0.05) is 0 Å². The number of anilines is 2. The summed E-state index contributed by atoms with van der Waals surface area (Å²) >= 11 is 0. The number of rotatable bonds is 2. The van der Waals surface area contributed by atoms with Gasteiger partial charge >= 0.3 is 6.09 Å². The molecule has 1 aromatic rings. The fourth-order valence-electron chi connectivity index (χ4n) is 4.16. The minimum absolute atomic E-state index is 0.215. The molecule has 0 unspecified atom stereocenters. The van der Waals surface area contributed by atoms with E-state index < -0.39 is 5.60 Å². The Morgan fingerprint density at radius 1 is 1.30 bits per heavy atom. The van der Waals surface area contributed by atoms with Gasteiger partial charge in [-0.2, -0.15) is 0 Å². The zero-order valence-electron chi connectivity index (χ0n) is 17.3. The molecule has 2 aliphatic heterocycles. The zero-order valence-corrected chi connectivity index (χ0v) is 17.3. The number of hydrogen-bond donors (Lipinski definition) is 1. The average Bonchev–Trinajstić information content (AvgIpc) is 3.29. The molecule has 1 N–H and O–H groups in total. The van der Waals surface area contributed by atoms with Gasteiger partial charge in [0.25, 0.3) is 0 Å². The second-order valence-electron chi connectivity index (χ2n) is 9.71. The Hall–Kier alpha value is -1.98. The van der Waals surface area contributed by atoms with E-state index in [0.717, 1.165) is 31.9 Å². The van der Waals surface area contributed by atoms with Crippen LogP contribution >= 0.6 is 0 Å². The van der Waals surface area contributed by atoms with Crippen molar-refractivity contribution in [3.63, 3.8) is 0 Å². The number of aromatic nitrogens is 1. The number of hydrogen-bond acceptors (Lipinski definition) is 5. The van der Waals surface area contributed by atoms with Gasteiger partial charge in [0.05, 0.1) is 5.54 Å². The van der Waals surface area contributed by atoms with Crippen LogP contribution in [-0.4, -0.2) is 53.3 Å². The van der Waals surface area contributed by atoms with Gasteiger partial charge in [-0.3, -0.25) is 4.90 Å². The summed E-state index contributed by atoms with van der Waals surface area (Å²) in [6.07, 6.45) is 3.31. The van der Waals surface area contributed by atoms with Gasteiger partial charge in [0.2, 0.25) is 0 Å². The summed E-state index contributed by atoms with van der Waals surface area (Å²) in [5.74, 6) is 1.70. The molecule has 1 saturated heterocycles. The van der Waals surface area contributed by atoms with Crippen LogP contribution in [0.1, 0.15) is 64.6 Å². The molecule has 1 amide bonds. The number of carbonyl (C=O) groups excluding carboxylic acids is 1. The highest BCUT2D eigenvalue weighted by Crippen LogP contribution is 2.43. The van der Waals surface area contributed by atoms with Gasteiger partial charge in [-0.05, 0) is 59.9 Å². The molecule has 1 saturated carbocycles. The molecule has 1 aliphatic carbocycles. The lowest BCUT2D eigenvalue weighted by Crippen LogP contribution is -2.62. The van der Waals surface area contributed by atoms with Crippen molar-refractivity contribution < 1.29 is 9.53 Å². The molecule has 0 aromatic carbocycles. The molecule has 0 bridgehead atoms. The number of ether oxygens (including phenoxy) is 1. The van der Waals surface area contributed by atoms with Crippen LogP contribution in [0.4, 0.5) is 16.3 Å². The van der Waals surface area contributed by atoms with E-state index in [1.165, 1.54) is 29.8 Å². The lowest BCUT2D eigenvalue weighted by atomic mass is 9.97. The van der Waals surface area contributed by atoms with Crippen molar-refractivity contribution in [2.75, 3.05) is 36.4 Å². The molecule has 4 rings (SSSR count). The molecule has 3 heterocycles. The summed E-state index contributed by atoms with van der Waals surface area (Å²) in [4.78, 5) is 21.9. The molecule has 148 valence electrons. The monoisotopic (exact) mass is 372 g/mol. The number of carbonyl (C=O) groups is 1. The first-order chi connectivity index (χ1) is 12.6. The third-order valence-corrected chi connectivity index (χ3v) is 5.64. The van der Waals surface area contributed by atoms with E-state index >= 15 is 0 Å². The first-order valence-corrected chi connectivity index (χ1v) is 10.2. The van der Waals surface area contributed by atoms with Gasteiger partial charge in [0, 0.05) is 49.0 Å². The normalized spacial score (nSPS) is 21.7. The second-order valence-corrected chi connectivity index (χ2v) is 9.71. The van der Waals surface area contributed by atoms with Crippen molar-refractivity contribution in [3.05, 3.63) is 17.3 Å². The maximum atomic E-state index is 12.7. The van der Waals surface area contributed by atoms with E-state index in [-0.39, 0.29) is 11.6 Å². The van der Waals surface area contributed by atoms with Gasteiger partial charge < -0.3 is 15.0 Å². The molecule has 1 aromatic heterocycles. The maximum absolute atomic E-state index is 12.7. The fraction of sp³-hybridized carbons (Fsp3) is 0.714. The summed E-state index contributed by atoms with van der Waals surface area (Å²) in [5.41, 5.74) is 3.11. The molecule has 6 nitrogen and oxygen atoms in total. The molecule has 3 aliphatic rings. The molecule has 6 heteroatoms. The van der Waals surface area contributed by atoms with Crippen molar-refractivity contribution in [3.8, 4) is 0 Å². The average molecular weight is 373 g/mol. The SMILES string of the molecule is CC(C)(C)OC(=O)N1CCN(c2cc(C3CC3)nc3c2CCN3)CC1(C)C. The van der Waals surface area contributed by atoms with E-state index in [2.05, 4.69) is 30.1 Å². The molecule has 2 fully saturated rings. The Balaban J connectivity index is 1.57. The van der Waals surface area contributed by atoms with E-state index in [4.69, 9.17) is 9.72 Å². The largest absolute Gasteiger partial charge is 0.444 e. The van der Waals surface area contributed by atoms with Crippen LogP contribution in [0.2, 0.25) is 0 Å². The highest BCUT2D eigenvalue weighted by atomic mass is 16.6. The molecule has 0 spiro atoms. The third-order valence-electron chi connectivity index (χ3n) is 5.64. The first-order valence-electron chi connectivity index (χ1n) is 10.2. The number of fused-ring (bicyclic) bond motifs is 1. The summed E-state index contributed by atoms with van der Waals surface area (Å²) in [6, 6.07) is 2.31. The van der Waals surface area contributed by atoms with Crippen LogP contribution in [0.5, 0.6) is 0 Å². The summed E-state index contributed by atoms with van der Waals surface area (Å²) < 4.78 is 5.64. The maximum Gasteiger partial charge on any atom is 0.410 e. The van der Waals surface area contributed by atoms with Gasteiger partial charge in [-0.15, -0.1) is 0 Å². The minimum Gasteiger partial charge on any atom is -0.444 e. The van der Waals surface area contributed by atoms with Crippen LogP contribution in [0, 0.1) is 0 Å². The van der Waals surface area contributed by atoms with Crippen LogP contribution in [-0.2, 0) is 11.2 Å². The van der Waals surface area contributed by atoms with Crippen LogP contribution in [0.3, 0.4) is 0 Å². The predicted molar refractivity (Wildman–Crippen MR) is 108 cm³/mol. The molecule has 27 heavy (non-hydrogen) atoms. The number of nitrogens with zero attached hydrogens (tertiary/aromatic N) is 3. The van der Waals surface area contributed by atoms with Gasteiger partial charge in [0.1, 0.15) is 11.4 Å². The van der Waals surface area contributed by atoms with Gasteiger partial charge in [-0.25, -0.2) is 9.78 Å². The number of nitrogens with one attached hydrogen (secondary N) is 1. The van der Waals surface area contributed by atoms with Crippen molar-refractivity contribution in [2.45, 2.75) is 70.9 Å². The van der Waals surface area contributed by atoms with Crippen molar-refractivity contribution in [2.24, 2.45) is 0 Å². The van der Waals surface area contributed by atoms with Crippen LogP contribution in [0.25, 0.3) is 0 Å². The Morgan fingerprint density at radius 3 is 2.67 bits per heavy atom. The van der Waals surface area contributed by atoms with Crippen molar-refractivity contribution in [1.82, 2.24) is 9.88 Å². The Labute approximate surface area is 162 Å². The lowest BCUT2D eigenvalue weighted by Gasteiger charge is -2.48. The highest BCUT2D eigenvalue weighted by Gasteiger charge is 2.40. The predicted octanol–water partition coefficient (Wildman–Crippen LogP) is 3.76. The van der Waals surface area contributed by atoms with Crippen molar-refractivity contribution >= 4 is 17.6 Å². The highest BCUT2D eigenvalue weighted by molar-refractivity contribution is 5.71. The van der Waals surface area contributed by atoms with Gasteiger partial charge in [0.15, 0.2) is 0 Å². The third kappa shape index (κ3) is 3.71. The molecule has 0 radical (unpaired) electrons. The smallest absolute Gasteiger partial charge is 0.410 e.